The van der Waals surface area contributed by atoms with Crippen LogP contribution in [0.1, 0.15) is 21.5 Å². The predicted octanol–water partition coefficient (Wildman–Crippen LogP) is 2.58. The van der Waals surface area contributed by atoms with Gasteiger partial charge >= 0.3 is 0 Å². The van der Waals surface area contributed by atoms with Gasteiger partial charge in [-0.2, -0.15) is 5.10 Å². The van der Waals surface area contributed by atoms with Gasteiger partial charge in [-0.15, -0.1) is 0 Å². The number of carbonyl (C=O) groups is 1. The summed E-state index contributed by atoms with van der Waals surface area (Å²) in [5.74, 6) is -0.787. The van der Waals surface area contributed by atoms with Crippen molar-refractivity contribution in [2.75, 3.05) is 0 Å². The van der Waals surface area contributed by atoms with E-state index in [-0.39, 0.29) is 5.56 Å². The van der Waals surface area contributed by atoms with Gasteiger partial charge in [0.15, 0.2) is 0 Å². The van der Waals surface area contributed by atoms with Crippen molar-refractivity contribution >= 4 is 23.5 Å². The van der Waals surface area contributed by atoms with Crippen LogP contribution in [0.4, 0.5) is 11.4 Å². The summed E-state index contributed by atoms with van der Waals surface area (Å²) in [6, 6.07) is 10.0. The molecule has 9 heteroatoms. The molecule has 0 fully saturated rings. The number of nitrogens with zero attached hydrogens (tertiary/aromatic N) is 3. The number of carbonyl (C=O) groups excluding carboxylic acids is 1. The summed E-state index contributed by atoms with van der Waals surface area (Å²) in [7, 11) is 0. The van der Waals surface area contributed by atoms with Crippen LogP contribution in [-0.2, 0) is 0 Å². The lowest BCUT2D eigenvalue weighted by Gasteiger charge is -2.01. The Labute approximate surface area is 135 Å². The first-order valence-corrected chi connectivity index (χ1v) is 6.71. The van der Waals surface area contributed by atoms with Crippen LogP contribution < -0.4 is 5.43 Å². The zero-order valence-electron chi connectivity index (χ0n) is 12.5. The van der Waals surface area contributed by atoms with Crippen LogP contribution in [0.3, 0.4) is 0 Å². The molecule has 0 aromatic heterocycles. The summed E-state index contributed by atoms with van der Waals surface area (Å²) >= 11 is 0. The van der Waals surface area contributed by atoms with E-state index in [4.69, 9.17) is 0 Å². The molecule has 122 valence electrons. The number of nitro groups is 2. The molecule has 2 aromatic rings. The van der Waals surface area contributed by atoms with Crippen LogP contribution in [0, 0.1) is 27.2 Å². The third-order valence-corrected chi connectivity index (χ3v) is 3.04. The molecule has 2 aromatic carbocycles. The van der Waals surface area contributed by atoms with Gasteiger partial charge in [0.1, 0.15) is 0 Å². The Morgan fingerprint density at radius 2 is 1.58 bits per heavy atom. The topological polar surface area (TPSA) is 128 Å². The van der Waals surface area contributed by atoms with E-state index in [0.717, 1.165) is 29.3 Å². The number of nitro benzene ring substituents is 2. The summed E-state index contributed by atoms with van der Waals surface area (Å²) < 4.78 is 0. The molecule has 0 saturated carbocycles. The fourth-order valence-corrected chi connectivity index (χ4v) is 1.82. The number of hydrogen-bond donors (Lipinski definition) is 1. The first kappa shape index (κ1) is 16.7. The lowest BCUT2D eigenvalue weighted by atomic mass is 10.1. The zero-order chi connectivity index (χ0) is 17.7. The molecule has 0 bridgehead atoms. The fraction of sp³-hybridized carbons (Fsp3) is 0.0667. The van der Waals surface area contributed by atoms with Gasteiger partial charge in [-0.3, -0.25) is 25.0 Å². The van der Waals surface area contributed by atoms with E-state index in [2.05, 4.69) is 10.5 Å². The monoisotopic (exact) mass is 328 g/mol. The molecule has 0 aliphatic rings. The molecule has 0 saturated heterocycles. The van der Waals surface area contributed by atoms with Crippen LogP contribution in [0.5, 0.6) is 0 Å². The van der Waals surface area contributed by atoms with Crippen molar-refractivity contribution in [3.63, 3.8) is 0 Å². The Hall–Kier alpha value is -3.62. The van der Waals surface area contributed by atoms with E-state index in [1.165, 1.54) is 6.21 Å². The van der Waals surface area contributed by atoms with Gasteiger partial charge in [0.05, 0.1) is 27.7 Å². The van der Waals surface area contributed by atoms with Gasteiger partial charge in [0, 0.05) is 12.1 Å². The Balaban J connectivity index is 2.18. The number of hydrogen-bond acceptors (Lipinski definition) is 6. The van der Waals surface area contributed by atoms with E-state index in [9.17, 15) is 25.0 Å². The number of benzene rings is 2. The van der Waals surface area contributed by atoms with Crippen LogP contribution in [0.2, 0.25) is 0 Å². The third-order valence-electron chi connectivity index (χ3n) is 3.04. The Morgan fingerprint density at radius 1 is 1.04 bits per heavy atom. The van der Waals surface area contributed by atoms with E-state index < -0.39 is 27.1 Å². The van der Waals surface area contributed by atoms with Crippen molar-refractivity contribution < 1.29 is 14.6 Å². The largest absolute Gasteiger partial charge is 0.277 e. The van der Waals surface area contributed by atoms with Gasteiger partial charge in [-0.1, -0.05) is 29.8 Å². The highest BCUT2D eigenvalue weighted by atomic mass is 16.6. The number of rotatable bonds is 5. The van der Waals surface area contributed by atoms with Gasteiger partial charge in [0.2, 0.25) is 0 Å². The van der Waals surface area contributed by atoms with Crippen molar-refractivity contribution in [2.45, 2.75) is 6.92 Å². The summed E-state index contributed by atoms with van der Waals surface area (Å²) in [5, 5.41) is 25.3. The molecular weight excluding hydrogens is 316 g/mol. The average molecular weight is 328 g/mol. The second-order valence-corrected chi connectivity index (χ2v) is 4.86. The second kappa shape index (κ2) is 7.09. The summed E-state index contributed by atoms with van der Waals surface area (Å²) in [6.07, 6.45) is 1.39. The van der Waals surface area contributed by atoms with E-state index in [1.54, 1.807) is 12.1 Å². The normalized spacial score (nSPS) is 10.5. The maximum atomic E-state index is 12.0. The number of aryl methyl sites for hydroxylation is 1. The summed E-state index contributed by atoms with van der Waals surface area (Å²) in [6.45, 7) is 1.93. The highest BCUT2D eigenvalue weighted by Gasteiger charge is 2.19. The highest BCUT2D eigenvalue weighted by molar-refractivity contribution is 5.96. The molecule has 0 spiro atoms. The van der Waals surface area contributed by atoms with Crippen molar-refractivity contribution in [2.24, 2.45) is 5.10 Å². The average Bonchev–Trinajstić information content (AvgIpc) is 2.56. The number of amides is 1. The van der Waals surface area contributed by atoms with Crippen LogP contribution in [-0.4, -0.2) is 22.0 Å². The minimum Gasteiger partial charge on any atom is -0.267 e. The van der Waals surface area contributed by atoms with E-state index in [0.29, 0.717) is 0 Å². The molecule has 2 rings (SSSR count). The molecule has 0 unspecified atom stereocenters. The first-order chi connectivity index (χ1) is 11.4. The molecule has 0 radical (unpaired) electrons. The highest BCUT2D eigenvalue weighted by Crippen LogP contribution is 2.22. The maximum Gasteiger partial charge on any atom is 0.277 e. The van der Waals surface area contributed by atoms with E-state index in [1.807, 2.05) is 19.1 Å². The van der Waals surface area contributed by atoms with Gasteiger partial charge in [-0.25, -0.2) is 5.43 Å². The van der Waals surface area contributed by atoms with E-state index >= 15 is 0 Å². The summed E-state index contributed by atoms with van der Waals surface area (Å²) in [4.78, 5) is 32.0. The Kier molecular flexibility index (Phi) is 4.95. The molecule has 24 heavy (non-hydrogen) atoms. The number of nitrogens with one attached hydrogen (secondary N) is 1. The van der Waals surface area contributed by atoms with Crippen molar-refractivity contribution in [3.05, 3.63) is 79.4 Å². The molecule has 9 nitrogen and oxygen atoms in total. The fourth-order valence-electron chi connectivity index (χ4n) is 1.82. The predicted molar refractivity (Wildman–Crippen MR) is 86.0 cm³/mol. The standard InChI is InChI=1S/C15H12N4O5/c1-10-2-4-11(5-3-10)9-16-17-15(20)12-6-13(18(21)22)8-14(7-12)19(23)24/h2-9H,1H3,(H,17,20)/b16-9+. The van der Waals surface area contributed by atoms with Crippen LogP contribution in [0.25, 0.3) is 0 Å². The minimum absolute atomic E-state index is 0.225. The van der Waals surface area contributed by atoms with Crippen LogP contribution in [0.15, 0.2) is 47.6 Å². The second-order valence-electron chi connectivity index (χ2n) is 4.86. The van der Waals surface area contributed by atoms with Crippen molar-refractivity contribution in [1.29, 1.82) is 0 Å². The molecule has 1 amide bonds. The number of hydrazone groups is 1. The molecular formula is C15H12N4O5. The lowest BCUT2D eigenvalue weighted by molar-refractivity contribution is -0.394. The Morgan fingerprint density at radius 3 is 2.08 bits per heavy atom. The molecule has 0 atom stereocenters. The quantitative estimate of drug-likeness (QED) is 0.512. The van der Waals surface area contributed by atoms with Gasteiger partial charge in [-0.05, 0) is 12.5 Å². The number of non-ortho nitro benzene ring substituents is 2. The minimum atomic E-state index is -0.806. The maximum absolute atomic E-state index is 12.0. The molecule has 1 N–H and O–H groups in total. The SMILES string of the molecule is Cc1ccc(/C=N/NC(=O)c2cc([N+](=O)[O-])cc([N+](=O)[O-])c2)cc1. The third kappa shape index (κ3) is 4.19. The Bertz CT molecular complexity index is 798. The molecule has 0 aliphatic carbocycles. The lowest BCUT2D eigenvalue weighted by Crippen LogP contribution is -2.18. The molecule has 0 heterocycles. The van der Waals surface area contributed by atoms with Gasteiger partial charge in [0.25, 0.3) is 17.3 Å². The van der Waals surface area contributed by atoms with Crippen molar-refractivity contribution in [3.8, 4) is 0 Å². The zero-order valence-corrected chi connectivity index (χ0v) is 12.5. The molecule has 0 aliphatic heterocycles. The first-order valence-electron chi connectivity index (χ1n) is 6.71. The van der Waals surface area contributed by atoms with Crippen molar-refractivity contribution in [1.82, 2.24) is 5.43 Å². The van der Waals surface area contributed by atoms with Gasteiger partial charge < -0.3 is 0 Å². The smallest absolute Gasteiger partial charge is 0.267 e. The summed E-state index contributed by atoms with van der Waals surface area (Å²) in [5.41, 5.74) is 2.68. The van der Waals surface area contributed by atoms with Crippen LogP contribution >= 0.6 is 0 Å².